The second-order valence-electron chi connectivity index (χ2n) is 7.98. The van der Waals surface area contributed by atoms with E-state index in [0.717, 1.165) is 37.2 Å². The van der Waals surface area contributed by atoms with E-state index in [1.807, 2.05) is 0 Å². The van der Waals surface area contributed by atoms with Crippen molar-refractivity contribution in [1.29, 1.82) is 0 Å². The first kappa shape index (κ1) is 16.9. The third kappa shape index (κ3) is 2.86. The van der Waals surface area contributed by atoms with E-state index >= 15 is 0 Å². The third-order valence-electron chi connectivity index (χ3n) is 6.73. The zero-order valence-electron chi connectivity index (χ0n) is 14.7. The first-order valence-electron chi connectivity index (χ1n) is 9.21. The van der Waals surface area contributed by atoms with Crippen LogP contribution in [0.4, 0.5) is 4.39 Å². The van der Waals surface area contributed by atoms with Crippen LogP contribution >= 0.6 is 0 Å². The van der Waals surface area contributed by atoms with E-state index in [0.29, 0.717) is 18.0 Å². The number of rotatable bonds is 2. The van der Waals surface area contributed by atoms with Gasteiger partial charge in [-0.3, -0.25) is 14.9 Å². The molecule has 0 radical (unpaired) electrons. The molecule has 1 unspecified atom stereocenters. The Morgan fingerprint density at radius 2 is 2.04 bits per heavy atom. The van der Waals surface area contributed by atoms with E-state index in [9.17, 15) is 9.18 Å². The number of hydrogen-bond acceptors (Lipinski definition) is 4. The molecule has 1 amide bonds. The standard InChI is InChI=1S/C19H26FN3O2/c1-22-8-5-19(6-9-22)4-2-17(19)23-7-3-13-10-14(18(24)21-25)11-16(20)15(13)12-23/h10-11,17,25H,2-9,12H2,1H3,(H,21,24). The van der Waals surface area contributed by atoms with E-state index in [-0.39, 0.29) is 11.4 Å². The molecule has 1 atom stereocenters. The van der Waals surface area contributed by atoms with Crippen LogP contribution in [0.2, 0.25) is 0 Å². The Morgan fingerprint density at radius 3 is 2.68 bits per heavy atom. The number of nitrogens with one attached hydrogen (secondary N) is 1. The molecule has 1 aromatic carbocycles. The van der Waals surface area contributed by atoms with Gasteiger partial charge in [-0.15, -0.1) is 0 Å². The molecular weight excluding hydrogens is 321 g/mol. The van der Waals surface area contributed by atoms with E-state index in [4.69, 9.17) is 5.21 Å². The van der Waals surface area contributed by atoms with Gasteiger partial charge in [0.2, 0.25) is 0 Å². The van der Waals surface area contributed by atoms with Gasteiger partial charge in [-0.2, -0.15) is 0 Å². The van der Waals surface area contributed by atoms with Crippen LogP contribution in [-0.4, -0.2) is 53.6 Å². The van der Waals surface area contributed by atoms with Crippen molar-refractivity contribution in [2.75, 3.05) is 26.7 Å². The summed E-state index contributed by atoms with van der Waals surface area (Å²) in [5, 5.41) is 8.76. The number of carbonyl (C=O) groups excluding carboxylic acids is 1. The predicted molar refractivity (Wildman–Crippen MR) is 92.0 cm³/mol. The Morgan fingerprint density at radius 1 is 1.28 bits per heavy atom. The zero-order chi connectivity index (χ0) is 17.6. The molecule has 0 bridgehead atoms. The highest BCUT2D eigenvalue weighted by atomic mass is 19.1. The van der Waals surface area contributed by atoms with Crippen LogP contribution in [0.5, 0.6) is 0 Å². The van der Waals surface area contributed by atoms with Crippen molar-refractivity contribution in [3.05, 3.63) is 34.6 Å². The first-order valence-corrected chi connectivity index (χ1v) is 9.21. The molecule has 3 aliphatic rings. The van der Waals surface area contributed by atoms with Gasteiger partial charge in [0.15, 0.2) is 0 Å². The Hall–Kier alpha value is -1.50. The lowest BCUT2D eigenvalue weighted by molar-refractivity contribution is -0.0705. The zero-order valence-corrected chi connectivity index (χ0v) is 14.7. The van der Waals surface area contributed by atoms with Crippen LogP contribution in [-0.2, 0) is 13.0 Å². The number of amides is 1. The molecule has 1 aliphatic carbocycles. The van der Waals surface area contributed by atoms with Crippen molar-refractivity contribution in [2.24, 2.45) is 5.41 Å². The SMILES string of the molecule is CN1CCC2(CCC2N2CCc3cc(C(=O)NO)cc(F)c3C2)CC1. The number of likely N-dealkylation sites (tertiary alicyclic amines) is 1. The molecule has 4 rings (SSSR count). The molecule has 5 nitrogen and oxygen atoms in total. The molecule has 6 heteroatoms. The summed E-state index contributed by atoms with van der Waals surface area (Å²) >= 11 is 0. The molecule has 2 aliphatic heterocycles. The molecule has 0 aromatic heterocycles. The molecule has 2 heterocycles. The van der Waals surface area contributed by atoms with Crippen LogP contribution in [0.3, 0.4) is 0 Å². The minimum absolute atomic E-state index is 0.183. The summed E-state index contributed by atoms with van der Waals surface area (Å²) in [5.74, 6) is -0.994. The predicted octanol–water partition coefficient (Wildman–Crippen LogP) is 2.18. The molecular formula is C19H26FN3O2. The van der Waals surface area contributed by atoms with Gasteiger partial charge in [0.1, 0.15) is 5.82 Å². The van der Waals surface area contributed by atoms with E-state index in [1.54, 1.807) is 11.5 Å². The van der Waals surface area contributed by atoms with Gasteiger partial charge in [0.05, 0.1) is 0 Å². The third-order valence-corrected chi connectivity index (χ3v) is 6.73. The van der Waals surface area contributed by atoms with Crippen LogP contribution in [0.1, 0.15) is 47.2 Å². The Bertz CT molecular complexity index is 685. The fraction of sp³-hybridized carbons (Fsp3) is 0.632. The Balaban J connectivity index is 1.53. The fourth-order valence-corrected chi connectivity index (χ4v) is 5.00. The molecule has 1 aromatic rings. The maximum atomic E-state index is 14.6. The van der Waals surface area contributed by atoms with Gasteiger partial charge in [0, 0.05) is 30.3 Å². The smallest absolute Gasteiger partial charge is 0.274 e. The van der Waals surface area contributed by atoms with Crippen molar-refractivity contribution in [3.8, 4) is 0 Å². The van der Waals surface area contributed by atoms with Crippen molar-refractivity contribution >= 4 is 5.91 Å². The topological polar surface area (TPSA) is 55.8 Å². The van der Waals surface area contributed by atoms with Gasteiger partial charge < -0.3 is 4.90 Å². The number of halogens is 1. The second-order valence-corrected chi connectivity index (χ2v) is 7.98. The van der Waals surface area contributed by atoms with Crippen LogP contribution < -0.4 is 5.48 Å². The highest BCUT2D eigenvalue weighted by Crippen LogP contribution is 2.52. The van der Waals surface area contributed by atoms with Gasteiger partial charge >= 0.3 is 0 Å². The summed E-state index contributed by atoms with van der Waals surface area (Å²) in [6, 6.07) is 3.52. The summed E-state index contributed by atoms with van der Waals surface area (Å²) in [6.45, 7) is 3.87. The second kappa shape index (κ2) is 6.34. The van der Waals surface area contributed by atoms with Gasteiger partial charge in [-0.25, -0.2) is 9.87 Å². The number of hydrogen-bond donors (Lipinski definition) is 2. The van der Waals surface area contributed by atoms with E-state index in [1.165, 1.54) is 31.7 Å². The van der Waals surface area contributed by atoms with Crippen LogP contribution in [0.15, 0.2) is 12.1 Å². The molecule has 25 heavy (non-hydrogen) atoms. The molecule has 1 saturated heterocycles. The number of hydroxylamine groups is 1. The molecule has 136 valence electrons. The summed E-state index contributed by atoms with van der Waals surface area (Å²) in [5.41, 5.74) is 3.81. The van der Waals surface area contributed by atoms with Gasteiger partial charge in [-0.05, 0) is 75.4 Å². The number of benzene rings is 1. The maximum absolute atomic E-state index is 14.6. The molecule has 2 fully saturated rings. The van der Waals surface area contributed by atoms with E-state index in [2.05, 4.69) is 16.8 Å². The van der Waals surface area contributed by atoms with Crippen molar-refractivity contribution < 1.29 is 14.4 Å². The minimum atomic E-state index is -0.659. The number of fused-ring (bicyclic) bond motifs is 1. The fourth-order valence-electron chi connectivity index (χ4n) is 5.00. The summed E-state index contributed by atoms with van der Waals surface area (Å²) in [4.78, 5) is 16.4. The highest BCUT2D eigenvalue weighted by Gasteiger charge is 2.50. The van der Waals surface area contributed by atoms with Crippen molar-refractivity contribution in [3.63, 3.8) is 0 Å². The largest absolute Gasteiger partial charge is 0.306 e. The lowest BCUT2D eigenvalue weighted by atomic mass is 9.58. The average Bonchev–Trinajstić information content (AvgIpc) is 2.61. The van der Waals surface area contributed by atoms with Crippen LogP contribution in [0, 0.1) is 11.2 Å². The summed E-state index contributed by atoms with van der Waals surface area (Å²) in [6.07, 6.45) is 5.76. The summed E-state index contributed by atoms with van der Waals surface area (Å²) < 4.78 is 14.6. The number of piperidine rings is 1. The van der Waals surface area contributed by atoms with Crippen LogP contribution in [0.25, 0.3) is 0 Å². The molecule has 1 spiro atoms. The summed E-state index contributed by atoms with van der Waals surface area (Å²) in [7, 11) is 2.19. The van der Waals surface area contributed by atoms with Crippen molar-refractivity contribution in [2.45, 2.75) is 44.7 Å². The quantitative estimate of drug-likeness (QED) is 0.636. The monoisotopic (exact) mass is 347 g/mol. The van der Waals surface area contributed by atoms with Crippen molar-refractivity contribution in [1.82, 2.24) is 15.3 Å². The normalized spacial score (nSPS) is 26.1. The lowest BCUT2D eigenvalue weighted by Gasteiger charge is -2.58. The van der Waals surface area contributed by atoms with Gasteiger partial charge in [-0.1, -0.05) is 0 Å². The van der Waals surface area contributed by atoms with E-state index < -0.39 is 5.91 Å². The lowest BCUT2D eigenvalue weighted by Crippen LogP contribution is -2.59. The number of nitrogens with zero attached hydrogens (tertiary/aromatic N) is 2. The minimum Gasteiger partial charge on any atom is -0.306 e. The average molecular weight is 347 g/mol. The van der Waals surface area contributed by atoms with Gasteiger partial charge in [0.25, 0.3) is 5.91 Å². The molecule has 2 N–H and O–H groups in total. The maximum Gasteiger partial charge on any atom is 0.274 e. The Labute approximate surface area is 147 Å². The molecule has 1 saturated carbocycles. The first-order chi connectivity index (χ1) is 12.0. The highest BCUT2D eigenvalue weighted by molar-refractivity contribution is 5.93. The number of carbonyl (C=O) groups is 1. The Kier molecular flexibility index (Phi) is 4.30.